The molecular formula is C16H17N3O3. The van der Waals surface area contributed by atoms with Gasteiger partial charge in [-0.2, -0.15) is 5.26 Å². The Bertz CT molecular complexity index is 688. The lowest BCUT2D eigenvalue weighted by Crippen LogP contribution is -2.50. The Morgan fingerprint density at radius 3 is 2.68 bits per heavy atom. The average molecular weight is 299 g/mol. The Kier molecular flexibility index (Phi) is 4.47. The van der Waals surface area contributed by atoms with Crippen LogP contribution in [0.15, 0.2) is 35.5 Å². The number of benzene rings is 1. The zero-order chi connectivity index (χ0) is 16.3. The number of nitrogens with one attached hydrogen (secondary N) is 1. The molecule has 1 aromatic carbocycles. The maximum atomic E-state index is 12.2. The minimum Gasteiger partial charge on any atom is -0.449 e. The molecule has 0 fully saturated rings. The lowest BCUT2D eigenvalue weighted by atomic mass is 9.92. The molecule has 0 aliphatic carbocycles. The third-order valence-corrected chi connectivity index (χ3v) is 3.52. The van der Waals surface area contributed by atoms with Crippen molar-refractivity contribution in [1.82, 2.24) is 10.2 Å². The highest BCUT2D eigenvalue weighted by atomic mass is 16.6. The Morgan fingerprint density at radius 2 is 2.09 bits per heavy atom. The van der Waals surface area contributed by atoms with Gasteiger partial charge >= 0.3 is 12.1 Å². The molecule has 1 atom stereocenters. The number of nitrogens with zero attached hydrogens (tertiary/aromatic N) is 2. The van der Waals surface area contributed by atoms with Crippen molar-refractivity contribution in [2.75, 3.05) is 6.61 Å². The molecule has 6 nitrogen and oxygen atoms in total. The molecule has 0 radical (unpaired) electrons. The summed E-state index contributed by atoms with van der Waals surface area (Å²) in [6.45, 7) is 5.32. The van der Waals surface area contributed by atoms with E-state index in [4.69, 9.17) is 4.74 Å². The molecule has 1 N–H and O–H groups in total. The van der Waals surface area contributed by atoms with Crippen molar-refractivity contribution < 1.29 is 14.3 Å². The van der Waals surface area contributed by atoms with Crippen molar-refractivity contribution in [1.29, 1.82) is 5.26 Å². The smallest absolute Gasteiger partial charge is 0.418 e. The summed E-state index contributed by atoms with van der Waals surface area (Å²) in [5, 5.41) is 12.0. The molecule has 0 bridgehead atoms. The van der Waals surface area contributed by atoms with Crippen molar-refractivity contribution >= 4 is 12.1 Å². The third-order valence-electron chi connectivity index (χ3n) is 3.52. The topological polar surface area (TPSA) is 82.4 Å². The minimum absolute atomic E-state index is 0.147. The zero-order valence-corrected chi connectivity index (χ0v) is 12.7. The third kappa shape index (κ3) is 2.66. The number of hydrogen-bond acceptors (Lipinski definition) is 4. The number of carbonyl (C=O) groups is 2. The van der Waals surface area contributed by atoms with Crippen LogP contribution in [0, 0.1) is 18.3 Å². The summed E-state index contributed by atoms with van der Waals surface area (Å²) >= 11 is 0. The molecule has 6 heteroatoms. The Labute approximate surface area is 129 Å². The number of ether oxygens (including phenoxy) is 1. The molecule has 114 valence electrons. The average Bonchev–Trinajstić information content (AvgIpc) is 2.47. The predicted molar refractivity (Wildman–Crippen MR) is 79.6 cm³/mol. The highest BCUT2D eigenvalue weighted by Crippen LogP contribution is 2.35. The van der Waals surface area contributed by atoms with Crippen molar-refractivity contribution in [2.24, 2.45) is 0 Å². The second-order valence-electron chi connectivity index (χ2n) is 4.91. The molecule has 1 unspecified atom stereocenters. The van der Waals surface area contributed by atoms with Gasteiger partial charge < -0.3 is 10.1 Å². The minimum atomic E-state index is -0.779. The number of imide groups is 1. The van der Waals surface area contributed by atoms with E-state index in [1.807, 2.05) is 25.1 Å². The van der Waals surface area contributed by atoms with Crippen molar-refractivity contribution in [3.05, 3.63) is 46.7 Å². The van der Waals surface area contributed by atoms with Crippen molar-refractivity contribution in [2.45, 2.75) is 26.8 Å². The molecule has 0 saturated carbocycles. The molecule has 0 spiro atoms. The van der Waals surface area contributed by atoms with E-state index in [0.717, 1.165) is 16.0 Å². The van der Waals surface area contributed by atoms with Gasteiger partial charge in [0, 0.05) is 5.70 Å². The monoisotopic (exact) mass is 299 g/mol. The fraction of sp³-hybridized carbons (Fsp3) is 0.312. The standard InChI is InChI=1S/C16H17N3O3/c1-4-22-16(21)19-14(12-8-6-5-7-10(12)2)13(9-17)11(3)18-15(19)20/h5-8,14H,4H2,1-3H3,(H,18,20). The first-order valence-electron chi connectivity index (χ1n) is 6.94. The maximum absolute atomic E-state index is 12.2. The van der Waals surface area contributed by atoms with E-state index < -0.39 is 18.2 Å². The second-order valence-corrected chi connectivity index (χ2v) is 4.91. The second kappa shape index (κ2) is 6.31. The summed E-state index contributed by atoms with van der Waals surface area (Å²) in [6, 6.07) is 8.06. The van der Waals surface area contributed by atoms with Crippen LogP contribution in [0.3, 0.4) is 0 Å². The van der Waals surface area contributed by atoms with Gasteiger partial charge in [-0.05, 0) is 31.9 Å². The van der Waals surface area contributed by atoms with Crippen molar-refractivity contribution in [3.8, 4) is 6.07 Å². The molecule has 0 saturated heterocycles. The fourth-order valence-electron chi connectivity index (χ4n) is 2.45. The first-order valence-corrected chi connectivity index (χ1v) is 6.94. The van der Waals surface area contributed by atoms with E-state index in [1.54, 1.807) is 19.9 Å². The molecule has 1 aromatic rings. The number of allylic oxidation sites excluding steroid dienone is 1. The van der Waals surface area contributed by atoms with Crippen LogP contribution < -0.4 is 5.32 Å². The molecule has 1 aliphatic heterocycles. The van der Waals surface area contributed by atoms with E-state index >= 15 is 0 Å². The van der Waals surface area contributed by atoms with Gasteiger partial charge in [-0.1, -0.05) is 24.3 Å². The Morgan fingerprint density at radius 1 is 1.41 bits per heavy atom. The van der Waals surface area contributed by atoms with Crippen LogP contribution in [0.25, 0.3) is 0 Å². The highest BCUT2D eigenvalue weighted by molar-refractivity contribution is 5.94. The number of amides is 3. The van der Waals surface area contributed by atoms with Crippen LogP contribution in [0.2, 0.25) is 0 Å². The van der Waals surface area contributed by atoms with E-state index in [-0.39, 0.29) is 6.61 Å². The lowest BCUT2D eigenvalue weighted by molar-refractivity contribution is 0.104. The predicted octanol–water partition coefficient (Wildman–Crippen LogP) is 3.02. The summed E-state index contributed by atoms with van der Waals surface area (Å²) in [4.78, 5) is 25.4. The van der Waals surface area contributed by atoms with Crippen LogP contribution in [0.5, 0.6) is 0 Å². The van der Waals surface area contributed by atoms with Crippen LogP contribution >= 0.6 is 0 Å². The van der Waals surface area contributed by atoms with Gasteiger partial charge in [0.25, 0.3) is 0 Å². The number of aryl methyl sites for hydroxylation is 1. The van der Waals surface area contributed by atoms with Crippen molar-refractivity contribution in [3.63, 3.8) is 0 Å². The summed E-state index contributed by atoms with van der Waals surface area (Å²) in [6.07, 6.45) is -0.770. The van der Waals surface area contributed by atoms with Gasteiger partial charge in [0.05, 0.1) is 18.2 Å². The largest absolute Gasteiger partial charge is 0.449 e. The van der Waals surface area contributed by atoms with Gasteiger partial charge in [0.15, 0.2) is 0 Å². The van der Waals surface area contributed by atoms with Gasteiger partial charge in [-0.25, -0.2) is 14.5 Å². The van der Waals surface area contributed by atoms with Crippen LogP contribution in [-0.2, 0) is 4.74 Å². The van der Waals surface area contributed by atoms with Gasteiger partial charge in [-0.15, -0.1) is 0 Å². The molecule has 1 aliphatic rings. The number of rotatable bonds is 2. The molecule has 0 aromatic heterocycles. The lowest BCUT2D eigenvalue weighted by Gasteiger charge is -2.34. The molecule has 1 heterocycles. The van der Waals surface area contributed by atoms with E-state index in [2.05, 4.69) is 11.4 Å². The number of carbonyl (C=O) groups excluding carboxylic acids is 2. The highest BCUT2D eigenvalue weighted by Gasteiger charge is 2.40. The van der Waals surface area contributed by atoms with E-state index in [9.17, 15) is 14.9 Å². The summed E-state index contributed by atoms with van der Waals surface area (Å²) in [7, 11) is 0. The maximum Gasteiger partial charge on any atom is 0.418 e. The fourth-order valence-corrected chi connectivity index (χ4v) is 2.45. The van der Waals surface area contributed by atoms with Crippen LogP contribution in [-0.4, -0.2) is 23.6 Å². The first-order chi connectivity index (χ1) is 10.5. The number of urea groups is 1. The van der Waals surface area contributed by atoms with Crippen LogP contribution in [0.4, 0.5) is 9.59 Å². The Balaban J connectivity index is 2.61. The quantitative estimate of drug-likeness (QED) is 0.910. The van der Waals surface area contributed by atoms with E-state index in [1.165, 1.54) is 0 Å². The molecule has 2 rings (SSSR count). The molecule has 22 heavy (non-hydrogen) atoms. The van der Waals surface area contributed by atoms with Gasteiger partial charge in [-0.3, -0.25) is 0 Å². The van der Waals surface area contributed by atoms with Crippen LogP contribution in [0.1, 0.15) is 31.0 Å². The molecule has 3 amide bonds. The molecular weight excluding hydrogens is 282 g/mol. The zero-order valence-electron chi connectivity index (χ0n) is 12.7. The first kappa shape index (κ1) is 15.6. The normalized spacial score (nSPS) is 17.8. The van der Waals surface area contributed by atoms with E-state index in [0.29, 0.717) is 11.3 Å². The summed E-state index contributed by atoms with van der Waals surface area (Å²) in [5.74, 6) is 0. The Hall–Kier alpha value is -2.81. The van der Waals surface area contributed by atoms with Gasteiger partial charge in [0.2, 0.25) is 0 Å². The SMILES string of the molecule is CCOC(=O)N1C(=O)NC(C)=C(C#N)C1c1ccccc1C. The summed E-state index contributed by atoms with van der Waals surface area (Å²) < 4.78 is 4.97. The number of hydrogen-bond donors (Lipinski definition) is 1. The van der Waals surface area contributed by atoms with Gasteiger partial charge in [0.1, 0.15) is 6.04 Å². The number of nitriles is 1. The summed E-state index contributed by atoms with van der Waals surface area (Å²) in [5.41, 5.74) is 2.38.